The van der Waals surface area contributed by atoms with Crippen molar-refractivity contribution < 1.29 is 28.2 Å². The number of hydrogen-bond acceptors (Lipinski definition) is 9. The molecular weight excluding hydrogens is 418 g/mol. The Morgan fingerprint density at radius 1 is 1.35 bits per heavy atom. The van der Waals surface area contributed by atoms with Crippen molar-refractivity contribution in [2.24, 2.45) is 16.6 Å². The van der Waals surface area contributed by atoms with Crippen LogP contribution < -0.4 is 5.73 Å². The van der Waals surface area contributed by atoms with Crippen LogP contribution in [0.25, 0.3) is 0 Å². The fraction of sp³-hybridized carbons (Fsp3) is 0.714. The van der Waals surface area contributed by atoms with Crippen LogP contribution in [0.15, 0.2) is 16.4 Å². The Morgan fingerprint density at radius 2 is 2.00 bits per heavy atom. The first-order chi connectivity index (χ1) is 14.3. The first-order valence-electron chi connectivity index (χ1n) is 10.3. The molecule has 0 amide bonds. The summed E-state index contributed by atoms with van der Waals surface area (Å²) in [5.41, 5.74) is 7.19. The van der Waals surface area contributed by atoms with Crippen molar-refractivity contribution in [1.82, 2.24) is 0 Å². The number of nitriles is 1. The van der Waals surface area contributed by atoms with E-state index in [-0.39, 0.29) is 11.6 Å². The lowest BCUT2D eigenvalue weighted by Gasteiger charge is -2.37. The van der Waals surface area contributed by atoms with Crippen molar-refractivity contribution >= 4 is 26.5 Å². The third-order valence-electron chi connectivity index (χ3n) is 6.01. The lowest BCUT2D eigenvalue weighted by molar-refractivity contribution is -0.154. The summed E-state index contributed by atoms with van der Waals surface area (Å²) < 4.78 is 22.7. The first-order valence-corrected chi connectivity index (χ1v) is 13.2. The highest BCUT2D eigenvalue weighted by Gasteiger charge is 2.45. The number of aliphatic imine (C=N–C) groups is 1. The van der Waals surface area contributed by atoms with Gasteiger partial charge in [0.1, 0.15) is 24.5 Å². The van der Waals surface area contributed by atoms with Crippen molar-refractivity contribution in [2.75, 3.05) is 6.61 Å². The van der Waals surface area contributed by atoms with E-state index in [2.05, 4.69) is 44.9 Å². The van der Waals surface area contributed by atoms with Gasteiger partial charge in [-0.05, 0) is 18.1 Å². The number of hydrogen-bond donors (Lipinski definition) is 1. The van der Waals surface area contributed by atoms with E-state index >= 15 is 0 Å². The summed E-state index contributed by atoms with van der Waals surface area (Å²) in [7, 11) is -2.22. The zero-order valence-electron chi connectivity index (χ0n) is 19.3. The van der Waals surface area contributed by atoms with E-state index in [4.69, 9.17) is 24.4 Å². The van der Waals surface area contributed by atoms with E-state index in [0.717, 1.165) is 0 Å². The molecule has 2 aliphatic rings. The van der Waals surface area contributed by atoms with E-state index in [0.29, 0.717) is 17.8 Å². The zero-order chi connectivity index (χ0) is 23.6. The molecule has 3 unspecified atom stereocenters. The van der Waals surface area contributed by atoms with Crippen molar-refractivity contribution in [3.63, 3.8) is 0 Å². The molecule has 172 valence electrons. The molecule has 0 saturated carbocycles. The Hall–Kier alpha value is -2.22. The maximum atomic E-state index is 11.5. The number of nitrogens with zero attached hydrogens (tertiary/aromatic N) is 2. The molecule has 9 nitrogen and oxygen atoms in total. The Labute approximate surface area is 184 Å². The van der Waals surface area contributed by atoms with Gasteiger partial charge >= 0.3 is 11.9 Å². The van der Waals surface area contributed by atoms with E-state index in [1.54, 1.807) is 6.21 Å². The van der Waals surface area contributed by atoms with Gasteiger partial charge in [0, 0.05) is 32.2 Å². The van der Waals surface area contributed by atoms with E-state index < -0.39 is 50.6 Å². The number of nitrogens with two attached hydrogens (primary N) is 1. The van der Waals surface area contributed by atoms with Crippen LogP contribution in [0.5, 0.6) is 0 Å². The van der Waals surface area contributed by atoms with Gasteiger partial charge in [0.05, 0.1) is 18.1 Å². The minimum atomic E-state index is -2.22. The number of carbonyl (C=O) groups excluding carboxylic acids is 2. The predicted molar refractivity (Wildman–Crippen MR) is 116 cm³/mol. The second-order valence-electron chi connectivity index (χ2n) is 9.43. The highest BCUT2D eigenvalue weighted by Crippen LogP contribution is 2.40. The fourth-order valence-corrected chi connectivity index (χ4v) is 4.39. The second kappa shape index (κ2) is 9.50. The van der Waals surface area contributed by atoms with Gasteiger partial charge in [-0.2, -0.15) is 5.26 Å². The molecule has 2 aliphatic heterocycles. The molecule has 0 aromatic carbocycles. The van der Waals surface area contributed by atoms with Gasteiger partial charge in [-0.1, -0.05) is 20.8 Å². The molecule has 31 heavy (non-hydrogen) atoms. The van der Waals surface area contributed by atoms with Crippen LogP contribution in [-0.2, 0) is 28.2 Å². The Balaban J connectivity index is 2.19. The van der Waals surface area contributed by atoms with Crippen molar-refractivity contribution in [3.05, 3.63) is 11.4 Å². The monoisotopic (exact) mass is 451 g/mol. The van der Waals surface area contributed by atoms with Gasteiger partial charge in [0.25, 0.3) is 0 Å². The number of carbonyl (C=O) groups is 2. The van der Waals surface area contributed by atoms with Crippen molar-refractivity contribution in [1.29, 1.82) is 5.26 Å². The van der Waals surface area contributed by atoms with Crippen LogP contribution in [0.3, 0.4) is 0 Å². The number of rotatable bonds is 7. The average molecular weight is 452 g/mol. The molecular formula is C21H33N3O6Si. The third-order valence-corrected chi connectivity index (χ3v) is 10.4. The fourth-order valence-electron chi connectivity index (χ4n) is 3.28. The summed E-state index contributed by atoms with van der Waals surface area (Å²) in [6.45, 7) is 13.0. The second-order valence-corrected chi connectivity index (χ2v) is 14.2. The third kappa shape index (κ3) is 5.93. The van der Waals surface area contributed by atoms with Gasteiger partial charge in [-0.25, -0.2) is 0 Å². The molecule has 0 spiro atoms. The molecule has 0 radical (unpaired) electrons. The van der Waals surface area contributed by atoms with Crippen LogP contribution in [0, 0.1) is 17.2 Å². The summed E-state index contributed by atoms with van der Waals surface area (Å²) >= 11 is 0. The quantitative estimate of drug-likeness (QED) is 0.461. The summed E-state index contributed by atoms with van der Waals surface area (Å²) in [6, 6.07) is 2.18. The normalized spacial score (nSPS) is 27.2. The minimum Gasteiger partial charge on any atom is -0.463 e. The topological polar surface area (TPSA) is 133 Å². The number of ether oxygens (including phenoxy) is 3. The predicted octanol–water partition coefficient (Wildman–Crippen LogP) is 2.42. The first kappa shape index (κ1) is 25.0. The highest BCUT2D eigenvalue weighted by molar-refractivity contribution is 6.74. The molecule has 0 bridgehead atoms. The highest BCUT2D eigenvalue weighted by atomic mass is 28.4. The van der Waals surface area contributed by atoms with Gasteiger partial charge in [-0.15, -0.1) is 0 Å². The van der Waals surface area contributed by atoms with Crippen LogP contribution in [-0.4, -0.2) is 57.5 Å². The molecule has 0 aromatic rings. The average Bonchev–Trinajstić information content (AvgIpc) is 3.19. The van der Waals surface area contributed by atoms with E-state index in [1.807, 2.05) is 0 Å². The summed E-state index contributed by atoms with van der Waals surface area (Å²) in [5.74, 6) is -1.29. The van der Waals surface area contributed by atoms with Crippen molar-refractivity contribution in [2.45, 2.75) is 83.6 Å². The molecule has 2 heterocycles. The van der Waals surface area contributed by atoms with Gasteiger partial charge in [0.2, 0.25) is 0 Å². The molecule has 2 rings (SSSR count). The molecule has 1 fully saturated rings. The minimum absolute atomic E-state index is 0.0284. The lowest BCUT2D eigenvalue weighted by Crippen LogP contribution is -2.44. The van der Waals surface area contributed by atoms with E-state index in [1.165, 1.54) is 13.8 Å². The Kier molecular flexibility index (Phi) is 7.68. The Bertz CT molecular complexity index is 811. The zero-order valence-corrected chi connectivity index (χ0v) is 20.3. The molecule has 10 heteroatoms. The molecule has 0 aromatic heterocycles. The Morgan fingerprint density at radius 3 is 2.52 bits per heavy atom. The number of esters is 2. The van der Waals surface area contributed by atoms with Gasteiger partial charge in [-0.3, -0.25) is 14.6 Å². The molecule has 5 atom stereocenters. The van der Waals surface area contributed by atoms with Crippen LogP contribution >= 0.6 is 0 Å². The maximum absolute atomic E-state index is 11.5. The lowest BCUT2D eigenvalue weighted by atomic mass is 9.96. The standard InChI is InChI=1S/C21H33N3O6Si/c1-12(25)27-11-18-16(28-13(2)26)8-15(29-18)14-10-24-20(19(14)23)17(9-22)30-31(6,7)21(3,4)5/h10,14-18H,8,11,23H2,1-7H3/t14?,15?,16?,17-,18+/m0/s1. The van der Waals surface area contributed by atoms with Crippen LogP contribution in [0.2, 0.25) is 18.1 Å². The van der Waals surface area contributed by atoms with Gasteiger partial charge in [0.15, 0.2) is 14.4 Å². The summed E-state index contributed by atoms with van der Waals surface area (Å²) in [4.78, 5) is 27.1. The summed E-state index contributed by atoms with van der Waals surface area (Å²) in [5, 5.41) is 9.66. The van der Waals surface area contributed by atoms with E-state index in [9.17, 15) is 14.9 Å². The summed E-state index contributed by atoms with van der Waals surface area (Å²) in [6.07, 6.45) is -0.451. The van der Waals surface area contributed by atoms with Crippen LogP contribution in [0.4, 0.5) is 0 Å². The van der Waals surface area contributed by atoms with Gasteiger partial charge < -0.3 is 24.4 Å². The largest absolute Gasteiger partial charge is 0.463 e. The molecule has 0 aliphatic carbocycles. The van der Waals surface area contributed by atoms with Crippen molar-refractivity contribution in [3.8, 4) is 6.07 Å². The molecule has 2 N–H and O–H groups in total. The smallest absolute Gasteiger partial charge is 0.302 e. The molecule has 1 saturated heterocycles. The maximum Gasteiger partial charge on any atom is 0.302 e. The van der Waals surface area contributed by atoms with Crippen LogP contribution in [0.1, 0.15) is 41.0 Å². The SMILES string of the molecule is CC(=O)OC[C@H]1OC(C2C=NC([C@H](C#N)O[Si](C)(C)C(C)(C)C)=C2N)CC1OC(C)=O.